The highest BCUT2D eigenvalue weighted by atomic mass is 32.2. The first-order chi connectivity index (χ1) is 13.0. The van der Waals surface area contributed by atoms with Crippen molar-refractivity contribution in [3.8, 4) is 0 Å². The number of carbonyl (C=O) groups is 1. The van der Waals surface area contributed by atoms with Gasteiger partial charge in [-0.15, -0.1) is 0 Å². The number of aromatic nitrogens is 1. The van der Waals surface area contributed by atoms with E-state index in [0.29, 0.717) is 16.5 Å². The smallest absolute Gasteiger partial charge is 0.292 e. The molecule has 7 nitrogen and oxygen atoms in total. The number of thioether (sulfide) groups is 1. The molecular weight excluding hydrogens is 364 g/mol. The van der Waals surface area contributed by atoms with Crippen LogP contribution in [0.15, 0.2) is 66.2 Å². The Bertz CT molecular complexity index is 1100. The van der Waals surface area contributed by atoms with Crippen LogP contribution in [0.3, 0.4) is 0 Å². The number of nitrogens with zero attached hydrogens (tertiary/aromatic N) is 2. The minimum atomic E-state index is -0.437. The topological polar surface area (TPSA) is 97.2 Å². The number of fused-ring (bicyclic) bond motifs is 1. The van der Waals surface area contributed by atoms with Crippen molar-refractivity contribution in [3.63, 3.8) is 0 Å². The van der Waals surface area contributed by atoms with Gasteiger partial charge < -0.3 is 10.6 Å². The molecule has 0 saturated carbocycles. The summed E-state index contributed by atoms with van der Waals surface area (Å²) >= 11 is 1.39. The Labute approximate surface area is 158 Å². The summed E-state index contributed by atoms with van der Waals surface area (Å²) in [7, 11) is 0. The molecule has 3 aromatic rings. The molecule has 2 heterocycles. The van der Waals surface area contributed by atoms with Crippen LogP contribution >= 0.6 is 11.8 Å². The van der Waals surface area contributed by atoms with E-state index < -0.39 is 4.92 Å². The van der Waals surface area contributed by atoms with Crippen molar-refractivity contribution in [2.75, 3.05) is 5.32 Å². The molecule has 0 aliphatic carbocycles. The van der Waals surface area contributed by atoms with Gasteiger partial charge in [-0.1, -0.05) is 36.5 Å². The van der Waals surface area contributed by atoms with E-state index in [2.05, 4.69) is 22.2 Å². The van der Waals surface area contributed by atoms with Crippen molar-refractivity contribution in [2.45, 2.75) is 5.25 Å². The Morgan fingerprint density at radius 1 is 1.19 bits per heavy atom. The van der Waals surface area contributed by atoms with E-state index in [4.69, 9.17) is 0 Å². The number of nitro benzene ring substituents is 1. The Morgan fingerprint density at radius 2 is 2.00 bits per heavy atom. The van der Waals surface area contributed by atoms with Gasteiger partial charge in [0.2, 0.25) is 5.91 Å². The summed E-state index contributed by atoms with van der Waals surface area (Å²) in [5, 5.41) is 18.1. The Morgan fingerprint density at radius 3 is 2.74 bits per heavy atom. The standard InChI is InChI=1S/C19H14N4O3S/c1-11-20-19(24)18(27-11)13-6-8-14-12(10-13)7-9-17(21-14)22-15-4-2-3-5-16(15)23(25)26/h2-10,18H,1H2,(H,20,24)(H,21,22). The third kappa shape index (κ3) is 3.34. The lowest BCUT2D eigenvalue weighted by Crippen LogP contribution is -2.16. The number of hydrogen-bond acceptors (Lipinski definition) is 6. The molecule has 8 heteroatoms. The van der Waals surface area contributed by atoms with E-state index in [1.54, 1.807) is 24.3 Å². The third-order valence-electron chi connectivity index (χ3n) is 4.14. The summed E-state index contributed by atoms with van der Waals surface area (Å²) in [5.74, 6) is 0.429. The fourth-order valence-electron chi connectivity index (χ4n) is 2.90. The first kappa shape index (κ1) is 17.0. The first-order valence-corrected chi connectivity index (χ1v) is 8.97. The molecule has 4 rings (SSSR count). The number of benzene rings is 2. The third-order valence-corrected chi connectivity index (χ3v) is 5.25. The lowest BCUT2D eigenvalue weighted by Gasteiger charge is -2.10. The van der Waals surface area contributed by atoms with Gasteiger partial charge in [-0.25, -0.2) is 4.98 Å². The normalized spacial score (nSPS) is 16.4. The van der Waals surface area contributed by atoms with E-state index in [1.807, 2.05) is 24.3 Å². The van der Waals surface area contributed by atoms with Gasteiger partial charge in [-0.3, -0.25) is 14.9 Å². The maximum absolute atomic E-state index is 12.0. The van der Waals surface area contributed by atoms with Crippen molar-refractivity contribution in [3.05, 3.63) is 81.9 Å². The number of rotatable bonds is 4. The van der Waals surface area contributed by atoms with Crippen LogP contribution in [0.4, 0.5) is 17.2 Å². The second-order valence-electron chi connectivity index (χ2n) is 5.96. The molecule has 0 bridgehead atoms. The summed E-state index contributed by atoms with van der Waals surface area (Å²) in [5.41, 5.74) is 1.97. The first-order valence-electron chi connectivity index (χ1n) is 8.09. The highest BCUT2D eigenvalue weighted by Gasteiger charge is 2.29. The van der Waals surface area contributed by atoms with Crippen LogP contribution in [0.5, 0.6) is 0 Å². The van der Waals surface area contributed by atoms with Gasteiger partial charge in [-0.2, -0.15) is 0 Å². The Balaban J connectivity index is 1.64. The number of carbonyl (C=O) groups excluding carboxylic acids is 1. The SMILES string of the molecule is C=C1NC(=O)C(c2ccc3nc(Nc4ccccc4[N+](=O)[O-])ccc3c2)S1. The maximum Gasteiger partial charge on any atom is 0.292 e. The molecule has 1 aliphatic heterocycles. The minimum Gasteiger partial charge on any atom is -0.335 e. The Hall–Kier alpha value is -3.39. The van der Waals surface area contributed by atoms with E-state index >= 15 is 0 Å². The molecule has 1 unspecified atom stereocenters. The molecular formula is C19H14N4O3S. The zero-order chi connectivity index (χ0) is 19.0. The van der Waals surface area contributed by atoms with Crippen LogP contribution < -0.4 is 10.6 Å². The summed E-state index contributed by atoms with van der Waals surface area (Å²) in [6, 6.07) is 15.7. The molecule has 2 aromatic carbocycles. The van der Waals surface area contributed by atoms with Crippen molar-refractivity contribution in [1.29, 1.82) is 0 Å². The van der Waals surface area contributed by atoms with Crippen LogP contribution in [-0.4, -0.2) is 15.8 Å². The van der Waals surface area contributed by atoms with Crippen LogP contribution in [0.1, 0.15) is 10.8 Å². The lowest BCUT2D eigenvalue weighted by molar-refractivity contribution is -0.383. The fraction of sp³-hybridized carbons (Fsp3) is 0.0526. The fourth-order valence-corrected chi connectivity index (χ4v) is 3.79. The van der Waals surface area contributed by atoms with Crippen molar-refractivity contribution in [2.24, 2.45) is 0 Å². The molecule has 0 radical (unpaired) electrons. The molecule has 1 aliphatic rings. The highest BCUT2D eigenvalue weighted by Crippen LogP contribution is 2.39. The second kappa shape index (κ2) is 6.73. The van der Waals surface area contributed by atoms with Gasteiger partial charge in [0, 0.05) is 11.5 Å². The largest absolute Gasteiger partial charge is 0.335 e. The van der Waals surface area contributed by atoms with E-state index in [-0.39, 0.29) is 16.8 Å². The van der Waals surface area contributed by atoms with E-state index in [9.17, 15) is 14.9 Å². The van der Waals surface area contributed by atoms with Crippen molar-refractivity contribution in [1.82, 2.24) is 10.3 Å². The summed E-state index contributed by atoms with van der Waals surface area (Å²) in [6.45, 7) is 3.78. The molecule has 1 aromatic heterocycles. The zero-order valence-corrected chi connectivity index (χ0v) is 14.8. The predicted octanol–water partition coefficient (Wildman–Crippen LogP) is 4.26. The highest BCUT2D eigenvalue weighted by molar-refractivity contribution is 8.04. The van der Waals surface area contributed by atoms with Gasteiger partial charge in [0.25, 0.3) is 5.69 Å². The van der Waals surface area contributed by atoms with Gasteiger partial charge in [0.15, 0.2) is 0 Å². The second-order valence-corrected chi connectivity index (χ2v) is 7.16. The predicted molar refractivity (Wildman–Crippen MR) is 106 cm³/mol. The van der Waals surface area contributed by atoms with Crippen molar-refractivity contribution >= 4 is 45.8 Å². The molecule has 1 atom stereocenters. The van der Waals surface area contributed by atoms with Crippen LogP contribution in [-0.2, 0) is 4.79 Å². The number of para-hydroxylation sites is 2. The average Bonchev–Trinajstić information content (AvgIpc) is 3.00. The van der Waals surface area contributed by atoms with Crippen LogP contribution in [0, 0.1) is 10.1 Å². The van der Waals surface area contributed by atoms with E-state index in [1.165, 1.54) is 17.8 Å². The van der Waals surface area contributed by atoms with Gasteiger partial charge in [0.1, 0.15) is 16.8 Å². The van der Waals surface area contributed by atoms with Crippen LogP contribution in [0.25, 0.3) is 10.9 Å². The van der Waals surface area contributed by atoms with Gasteiger partial charge in [-0.05, 0) is 35.9 Å². The summed E-state index contributed by atoms with van der Waals surface area (Å²) in [6.07, 6.45) is 0. The number of nitro groups is 1. The van der Waals surface area contributed by atoms with Crippen LogP contribution in [0.2, 0.25) is 0 Å². The lowest BCUT2D eigenvalue weighted by atomic mass is 10.1. The monoisotopic (exact) mass is 378 g/mol. The molecule has 1 fully saturated rings. The number of pyridine rings is 1. The molecule has 1 saturated heterocycles. The molecule has 134 valence electrons. The molecule has 0 spiro atoms. The van der Waals surface area contributed by atoms with E-state index in [0.717, 1.165) is 16.5 Å². The molecule has 2 N–H and O–H groups in total. The Kier molecular flexibility index (Phi) is 4.25. The minimum absolute atomic E-state index is 0.0146. The quantitative estimate of drug-likeness (QED) is 0.520. The summed E-state index contributed by atoms with van der Waals surface area (Å²) in [4.78, 5) is 27.2. The summed E-state index contributed by atoms with van der Waals surface area (Å²) < 4.78 is 0. The number of nitrogens with one attached hydrogen (secondary N) is 2. The number of hydrogen-bond donors (Lipinski definition) is 2. The zero-order valence-electron chi connectivity index (χ0n) is 14.0. The average molecular weight is 378 g/mol. The number of amides is 1. The van der Waals surface area contributed by atoms with Crippen molar-refractivity contribution < 1.29 is 9.72 Å². The molecule has 27 heavy (non-hydrogen) atoms. The maximum atomic E-state index is 12.0. The molecule has 1 amide bonds. The number of anilines is 2. The van der Waals surface area contributed by atoms with Gasteiger partial charge >= 0.3 is 0 Å². The van der Waals surface area contributed by atoms with Gasteiger partial charge in [0.05, 0.1) is 15.5 Å².